The number of carbonyl (C=O) groups excluding carboxylic acids is 2. The Morgan fingerprint density at radius 2 is 1.87 bits per heavy atom. The molecule has 0 radical (unpaired) electrons. The average molecular weight is 427 g/mol. The van der Waals surface area contributed by atoms with Gasteiger partial charge in [0.25, 0.3) is 5.91 Å². The third-order valence-corrected chi connectivity index (χ3v) is 4.78. The fourth-order valence-corrected chi connectivity index (χ4v) is 3.37. The lowest BCUT2D eigenvalue weighted by Crippen LogP contribution is -2.44. The summed E-state index contributed by atoms with van der Waals surface area (Å²) in [5.74, 6) is -2.11. The highest BCUT2D eigenvalue weighted by Crippen LogP contribution is 2.33. The van der Waals surface area contributed by atoms with E-state index in [9.17, 15) is 27.2 Å². The number of alkyl halides is 3. The number of benzene rings is 1. The number of amides is 2. The smallest absolute Gasteiger partial charge is 0.354 e. The van der Waals surface area contributed by atoms with Crippen molar-refractivity contribution < 1.29 is 27.2 Å². The van der Waals surface area contributed by atoms with Gasteiger partial charge in [0, 0.05) is 25.0 Å². The highest BCUT2D eigenvalue weighted by atomic mass is 19.4. The van der Waals surface area contributed by atoms with Crippen molar-refractivity contribution >= 4 is 11.8 Å². The van der Waals surface area contributed by atoms with E-state index >= 15 is 0 Å². The normalized spacial score (nSPS) is 15.5. The summed E-state index contributed by atoms with van der Waals surface area (Å²) < 4.78 is 55.1. The number of hydrogen-bond acceptors (Lipinski definition) is 4. The van der Waals surface area contributed by atoms with Crippen LogP contribution in [-0.2, 0) is 11.0 Å². The number of carbonyl (C=O) groups is 2. The summed E-state index contributed by atoms with van der Waals surface area (Å²) in [5, 5.41) is 9.71. The zero-order valence-electron chi connectivity index (χ0n) is 16.4. The Balaban J connectivity index is 1.83. The van der Waals surface area contributed by atoms with Gasteiger partial charge < -0.3 is 10.2 Å². The van der Waals surface area contributed by atoms with Crippen LogP contribution in [0.2, 0.25) is 0 Å². The van der Waals surface area contributed by atoms with Gasteiger partial charge >= 0.3 is 6.18 Å². The average Bonchev–Trinajstić information content (AvgIpc) is 3.13. The standard InChI is InChI=1S/C19H21F4N5O2/c1-11(2)24-17(29)12-6-8-27(9-7-12)18(30)15-16(19(21,22)23)28(26-25-15)14-5-3-4-13(20)10-14/h3-5,10-12H,6-9H2,1-2H3,(H,24,29). The maximum atomic E-state index is 13.7. The van der Waals surface area contributed by atoms with Crippen LogP contribution in [0.3, 0.4) is 0 Å². The molecule has 1 aromatic heterocycles. The summed E-state index contributed by atoms with van der Waals surface area (Å²) in [6.07, 6.45) is -4.26. The molecule has 2 aromatic rings. The van der Waals surface area contributed by atoms with Gasteiger partial charge in [-0.05, 0) is 44.9 Å². The molecule has 1 aliphatic rings. The third-order valence-electron chi connectivity index (χ3n) is 4.78. The predicted octanol–water partition coefficient (Wildman–Crippen LogP) is 2.80. The van der Waals surface area contributed by atoms with Gasteiger partial charge in [0.15, 0.2) is 11.4 Å². The minimum atomic E-state index is -4.93. The maximum Gasteiger partial charge on any atom is 0.435 e. The summed E-state index contributed by atoms with van der Waals surface area (Å²) in [4.78, 5) is 26.1. The van der Waals surface area contributed by atoms with Gasteiger partial charge in [0.2, 0.25) is 5.91 Å². The van der Waals surface area contributed by atoms with Crippen LogP contribution in [0.15, 0.2) is 24.3 Å². The molecule has 30 heavy (non-hydrogen) atoms. The summed E-state index contributed by atoms with van der Waals surface area (Å²) in [7, 11) is 0. The molecule has 0 bridgehead atoms. The molecule has 0 unspecified atom stereocenters. The van der Waals surface area contributed by atoms with E-state index in [1.165, 1.54) is 17.0 Å². The van der Waals surface area contributed by atoms with Crippen LogP contribution in [-0.4, -0.2) is 50.8 Å². The van der Waals surface area contributed by atoms with Crippen LogP contribution in [0, 0.1) is 11.7 Å². The first-order chi connectivity index (χ1) is 14.1. The van der Waals surface area contributed by atoms with E-state index in [0.29, 0.717) is 17.5 Å². The monoisotopic (exact) mass is 427 g/mol. The Labute approximate surface area is 170 Å². The highest BCUT2D eigenvalue weighted by molar-refractivity contribution is 5.94. The fourth-order valence-electron chi connectivity index (χ4n) is 3.37. The minimum Gasteiger partial charge on any atom is -0.354 e. The van der Waals surface area contributed by atoms with Crippen LogP contribution < -0.4 is 5.32 Å². The molecule has 2 heterocycles. The van der Waals surface area contributed by atoms with Crippen molar-refractivity contribution in [2.24, 2.45) is 5.92 Å². The van der Waals surface area contributed by atoms with Crippen LogP contribution in [0.1, 0.15) is 42.9 Å². The molecule has 0 atom stereocenters. The van der Waals surface area contributed by atoms with Crippen LogP contribution in [0.25, 0.3) is 5.69 Å². The Bertz CT molecular complexity index is 933. The van der Waals surface area contributed by atoms with Crippen LogP contribution in [0.5, 0.6) is 0 Å². The lowest BCUT2D eigenvalue weighted by Gasteiger charge is -2.31. The molecule has 2 amide bonds. The van der Waals surface area contributed by atoms with Crippen molar-refractivity contribution in [2.45, 2.75) is 38.9 Å². The van der Waals surface area contributed by atoms with Crippen molar-refractivity contribution in [3.05, 3.63) is 41.5 Å². The van der Waals surface area contributed by atoms with E-state index in [-0.39, 0.29) is 36.6 Å². The minimum absolute atomic E-state index is 0.0237. The van der Waals surface area contributed by atoms with Gasteiger partial charge in [0.05, 0.1) is 5.69 Å². The van der Waals surface area contributed by atoms with Gasteiger partial charge in [-0.3, -0.25) is 9.59 Å². The molecule has 1 N–H and O–H groups in total. The largest absolute Gasteiger partial charge is 0.435 e. The van der Waals surface area contributed by atoms with Gasteiger partial charge in [-0.1, -0.05) is 11.3 Å². The highest BCUT2D eigenvalue weighted by Gasteiger charge is 2.43. The Morgan fingerprint density at radius 1 is 1.20 bits per heavy atom. The maximum absolute atomic E-state index is 13.7. The van der Waals surface area contributed by atoms with Gasteiger partial charge in [-0.25, -0.2) is 9.07 Å². The Morgan fingerprint density at radius 3 is 2.43 bits per heavy atom. The lowest BCUT2D eigenvalue weighted by molar-refractivity contribution is -0.143. The number of likely N-dealkylation sites (tertiary alicyclic amines) is 1. The van der Waals surface area contributed by atoms with E-state index in [0.717, 1.165) is 12.1 Å². The van der Waals surface area contributed by atoms with E-state index in [2.05, 4.69) is 15.6 Å². The molecular weight excluding hydrogens is 406 g/mol. The summed E-state index contributed by atoms with van der Waals surface area (Å²) in [6, 6.07) is 4.40. The molecule has 1 aromatic carbocycles. The number of piperidine rings is 1. The molecule has 7 nitrogen and oxygen atoms in total. The first kappa shape index (κ1) is 21.7. The van der Waals surface area contributed by atoms with E-state index < -0.39 is 29.3 Å². The van der Waals surface area contributed by atoms with E-state index in [4.69, 9.17) is 0 Å². The number of rotatable bonds is 4. The molecule has 1 aliphatic heterocycles. The first-order valence-corrected chi connectivity index (χ1v) is 9.46. The molecule has 0 spiro atoms. The topological polar surface area (TPSA) is 80.1 Å². The molecular formula is C19H21F4N5O2. The van der Waals surface area contributed by atoms with Crippen molar-refractivity contribution in [1.82, 2.24) is 25.2 Å². The van der Waals surface area contributed by atoms with Crippen molar-refractivity contribution in [3.8, 4) is 5.69 Å². The second-order valence-corrected chi connectivity index (χ2v) is 7.41. The number of hydrogen-bond donors (Lipinski definition) is 1. The van der Waals surface area contributed by atoms with E-state index in [1.54, 1.807) is 0 Å². The third kappa shape index (κ3) is 4.60. The van der Waals surface area contributed by atoms with Crippen LogP contribution >= 0.6 is 0 Å². The quantitative estimate of drug-likeness (QED) is 0.761. The summed E-state index contributed by atoms with van der Waals surface area (Å²) >= 11 is 0. The number of halogens is 4. The Hall–Kier alpha value is -2.98. The molecule has 1 saturated heterocycles. The molecule has 11 heteroatoms. The number of nitrogens with one attached hydrogen (secondary N) is 1. The second kappa shape index (κ2) is 8.41. The molecule has 1 fully saturated rings. The number of nitrogens with zero attached hydrogens (tertiary/aromatic N) is 4. The predicted molar refractivity (Wildman–Crippen MR) is 98.2 cm³/mol. The van der Waals surface area contributed by atoms with Gasteiger partial charge in [-0.2, -0.15) is 13.2 Å². The first-order valence-electron chi connectivity index (χ1n) is 9.46. The van der Waals surface area contributed by atoms with Crippen molar-refractivity contribution in [2.75, 3.05) is 13.1 Å². The fraction of sp³-hybridized carbons (Fsp3) is 0.474. The second-order valence-electron chi connectivity index (χ2n) is 7.41. The van der Waals surface area contributed by atoms with Gasteiger partial charge in [-0.15, -0.1) is 5.10 Å². The van der Waals surface area contributed by atoms with Gasteiger partial charge in [0.1, 0.15) is 5.82 Å². The summed E-state index contributed by atoms with van der Waals surface area (Å²) in [5.41, 5.74) is -2.41. The molecule has 3 rings (SSSR count). The zero-order valence-corrected chi connectivity index (χ0v) is 16.4. The molecule has 0 aliphatic carbocycles. The number of aromatic nitrogens is 3. The summed E-state index contributed by atoms with van der Waals surface area (Å²) in [6.45, 7) is 3.91. The SMILES string of the molecule is CC(C)NC(=O)C1CCN(C(=O)c2nnn(-c3cccc(F)c3)c2C(F)(F)F)CC1. The molecule has 162 valence electrons. The van der Waals surface area contributed by atoms with Crippen molar-refractivity contribution in [3.63, 3.8) is 0 Å². The zero-order chi connectivity index (χ0) is 22.1. The van der Waals surface area contributed by atoms with E-state index in [1.807, 2.05) is 13.8 Å². The lowest BCUT2D eigenvalue weighted by atomic mass is 9.95. The van der Waals surface area contributed by atoms with Crippen molar-refractivity contribution in [1.29, 1.82) is 0 Å². The molecule has 0 saturated carbocycles. The van der Waals surface area contributed by atoms with Crippen LogP contribution in [0.4, 0.5) is 17.6 Å². The Kier molecular flexibility index (Phi) is 6.09.